The molecule has 0 aliphatic rings. The highest BCUT2D eigenvalue weighted by Gasteiger charge is 2.15. The number of halogens is 1. The normalized spacial score (nSPS) is 11.6. The Hall–Kier alpha value is -4.47. The van der Waals surface area contributed by atoms with Crippen LogP contribution >= 0.6 is 0 Å². The molecular weight excluding hydrogens is 473 g/mol. The number of carbonyl (C=O) groups is 1. The van der Waals surface area contributed by atoms with Crippen LogP contribution in [0, 0.1) is 18.7 Å². The number of aryl methyl sites for hydroxylation is 2. The van der Waals surface area contributed by atoms with E-state index in [9.17, 15) is 9.18 Å². The predicted molar refractivity (Wildman–Crippen MR) is 141 cm³/mol. The highest BCUT2D eigenvalue weighted by molar-refractivity contribution is 6.06. The predicted octanol–water partition coefficient (Wildman–Crippen LogP) is 4.69. The van der Waals surface area contributed by atoms with Crippen molar-refractivity contribution in [2.45, 2.75) is 27.4 Å². The van der Waals surface area contributed by atoms with Crippen LogP contribution in [-0.2, 0) is 13.7 Å². The summed E-state index contributed by atoms with van der Waals surface area (Å²) in [5.41, 5.74) is 2.71. The molecular formula is C27H30FN7O2. The number of hydrogen-bond acceptors (Lipinski definition) is 4. The van der Waals surface area contributed by atoms with E-state index in [0.717, 1.165) is 5.56 Å². The lowest BCUT2D eigenvalue weighted by Crippen LogP contribution is -2.34. The molecule has 1 amide bonds. The Morgan fingerprint density at radius 3 is 2.65 bits per heavy atom. The van der Waals surface area contributed by atoms with Crippen molar-refractivity contribution in [2.24, 2.45) is 18.0 Å². The maximum atomic E-state index is 14.9. The Kier molecular flexibility index (Phi) is 7.97. The van der Waals surface area contributed by atoms with Gasteiger partial charge in [-0.15, -0.1) is 0 Å². The van der Waals surface area contributed by atoms with Crippen LogP contribution in [0.25, 0.3) is 11.3 Å². The standard InChI is InChI=1S/C27H30FN7O2/c1-17(2)14-29-27(31-26(36)22-15-35(4)34-18(22)3)30-25-13-24(32-33-25)21-11-10-20(12-23(21)28)37-16-19-8-6-5-7-9-19/h5-13,15,17H,14,16H2,1-4H3,(H3,29,30,31,32,33,36). The summed E-state index contributed by atoms with van der Waals surface area (Å²) < 4.78 is 22.2. The Bertz CT molecular complexity index is 1390. The molecule has 3 N–H and O–H groups in total. The van der Waals surface area contributed by atoms with Crippen molar-refractivity contribution in [2.75, 3.05) is 11.9 Å². The summed E-state index contributed by atoms with van der Waals surface area (Å²) in [7, 11) is 1.75. The topological polar surface area (TPSA) is 109 Å². The average molecular weight is 504 g/mol. The molecule has 9 nitrogen and oxygen atoms in total. The van der Waals surface area contributed by atoms with E-state index in [4.69, 9.17) is 4.74 Å². The number of carbonyl (C=O) groups excluding carboxylic acids is 1. The maximum absolute atomic E-state index is 14.9. The molecule has 0 radical (unpaired) electrons. The molecule has 37 heavy (non-hydrogen) atoms. The van der Waals surface area contributed by atoms with Crippen molar-refractivity contribution >= 4 is 17.7 Å². The van der Waals surface area contributed by atoms with Gasteiger partial charge in [0, 0.05) is 37.5 Å². The molecule has 2 aromatic heterocycles. The monoisotopic (exact) mass is 503 g/mol. The smallest absolute Gasteiger partial charge is 0.283 e. The van der Waals surface area contributed by atoms with Gasteiger partial charge < -0.3 is 15.4 Å². The van der Waals surface area contributed by atoms with Gasteiger partial charge in [-0.05, 0) is 30.5 Å². The molecule has 4 aromatic rings. The summed E-state index contributed by atoms with van der Waals surface area (Å²) >= 11 is 0. The fourth-order valence-electron chi connectivity index (χ4n) is 3.57. The Labute approximate surface area is 214 Å². The van der Waals surface area contributed by atoms with E-state index >= 15 is 0 Å². The first kappa shape index (κ1) is 25.6. The number of guanidine groups is 1. The molecule has 2 heterocycles. The number of nitrogens with one attached hydrogen (secondary N) is 3. The van der Waals surface area contributed by atoms with E-state index in [1.165, 1.54) is 6.07 Å². The number of aromatic nitrogens is 4. The molecule has 10 heteroatoms. The van der Waals surface area contributed by atoms with Gasteiger partial charge >= 0.3 is 0 Å². The summed E-state index contributed by atoms with van der Waals surface area (Å²) in [5, 5.41) is 17.4. The number of hydrogen-bond donors (Lipinski definition) is 3. The second kappa shape index (κ2) is 11.5. The molecule has 0 spiro atoms. The van der Waals surface area contributed by atoms with Crippen LogP contribution in [0.1, 0.15) is 35.5 Å². The first-order chi connectivity index (χ1) is 17.8. The van der Waals surface area contributed by atoms with Gasteiger partial charge in [0.25, 0.3) is 5.91 Å². The Balaban J connectivity index is 1.48. The first-order valence-electron chi connectivity index (χ1n) is 11.9. The van der Waals surface area contributed by atoms with E-state index in [0.29, 0.717) is 53.2 Å². The molecule has 192 valence electrons. The fourth-order valence-corrected chi connectivity index (χ4v) is 3.57. The van der Waals surface area contributed by atoms with Gasteiger partial charge in [-0.2, -0.15) is 15.2 Å². The minimum absolute atomic E-state index is 0.252. The van der Waals surface area contributed by atoms with E-state index in [-0.39, 0.29) is 5.96 Å². The second-order valence-electron chi connectivity index (χ2n) is 9.05. The van der Waals surface area contributed by atoms with Gasteiger partial charge in [0.1, 0.15) is 24.0 Å². The number of aromatic amines is 1. The minimum Gasteiger partial charge on any atom is -0.489 e. The number of aliphatic imine (C=N–C) groups is 1. The number of nitrogens with zero attached hydrogens (tertiary/aromatic N) is 4. The molecule has 0 aliphatic carbocycles. The zero-order valence-electron chi connectivity index (χ0n) is 21.2. The first-order valence-corrected chi connectivity index (χ1v) is 11.9. The third-order valence-corrected chi connectivity index (χ3v) is 5.43. The molecule has 2 aromatic carbocycles. The van der Waals surface area contributed by atoms with Crippen LogP contribution in [0.15, 0.2) is 65.8 Å². The van der Waals surface area contributed by atoms with E-state index in [1.54, 1.807) is 43.0 Å². The highest BCUT2D eigenvalue weighted by atomic mass is 19.1. The Morgan fingerprint density at radius 1 is 1.19 bits per heavy atom. The quantitative estimate of drug-likeness (QED) is 0.238. The third kappa shape index (κ3) is 6.81. The number of benzene rings is 2. The van der Waals surface area contributed by atoms with Gasteiger partial charge in [-0.25, -0.2) is 4.39 Å². The van der Waals surface area contributed by atoms with Crippen LogP contribution in [0.2, 0.25) is 0 Å². The van der Waals surface area contributed by atoms with Crippen molar-refractivity contribution in [3.8, 4) is 17.0 Å². The minimum atomic E-state index is -0.460. The molecule has 0 bridgehead atoms. The number of anilines is 1. The zero-order valence-corrected chi connectivity index (χ0v) is 21.2. The number of ether oxygens (including phenoxy) is 1. The summed E-state index contributed by atoms with van der Waals surface area (Å²) in [4.78, 5) is 17.0. The van der Waals surface area contributed by atoms with Gasteiger partial charge in [0.15, 0.2) is 0 Å². The Morgan fingerprint density at radius 2 is 1.97 bits per heavy atom. The molecule has 0 atom stereocenters. The van der Waals surface area contributed by atoms with E-state index in [1.807, 2.05) is 44.2 Å². The van der Waals surface area contributed by atoms with Crippen molar-refractivity contribution in [3.05, 3.63) is 83.4 Å². The molecule has 0 aliphatic heterocycles. The zero-order chi connectivity index (χ0) is 26.4. The number of amides is 1. The van der Waals surface area contributed by atoms with Crippen molar-refractivity contribution in [1.82, 2.24) is 25.3 Å². The van der Waals surface area contributed by atoms with Crippen molar-refractivity contribution < 1.29 is 13.9 Å². The lowest BCUT2D eigenvalue weighted by molar-refractivity contribution is 0.100. The third-order valence-electron chi connectivity index (χ3n) is 5.43. The summed E-state index contributed by atoms with van der Waals surface area (Å²) in [6, 6.07) is 16.0. The molecule has 0 fully saturated rings. The van der Waals surface area contributed by atoms with Crippen LogP contribution in [-0.4, -0.2) is 38.4 Å². The summed E-state index contributed by atoms with van der Waals surface area (Å²) in [5.74, 6) is 0.553. The molecule has 0 saturated heterocycles. The molecule has 0 saturated carbocycles. The van der Waals surface area contributed by atoms with Gasteiger partial charge in [-0.1, -0.05) is 44.2 Å². The maximum Gasteiger partial charge on any atom is 0.283 e. The van der Waals surface area contributed by atoms with Crippen LogP contribution in [0.5, 0.6) is 5.75 Å². The fraction of sp³-hybridized carbons (Fsp3) is 0.259. The number of H-pyrrole nitrogens is 1. The second-order valence-corrected chi connectivity index (χ2v) is 9.05. The van der Waals surface area contributed by atoms with Crippen LogP contribution in [0.4, 0.5) is 10.2 Å². The van der Waals surface area contributed by atoms with Crippen LogP contribution in [0.3, 0.4) is 0 Å². The summed E-state index contributed by atoms with van der Waals surface area (Å²) in [6.07, 6.45) is 1.63. The van der Waals surface area contributed by atoms with E-state index < -0.39 is 11.7 Å². The highest BCUT2D eigenvalue weighted by Crippen LogP contribution is 2.27. The van der Waals surface area contributed by atoms with Crippen molar-refractivity contribution in [3.63, 3.8) is 0 Å². The van der Waals surface area contributed by atoms with E-state index in [2.05, 4.69) is 30.9 Å². The van der Waals surface area contributed by atoms with Gasteiger partial charge in [-0.3, -0.25) is 14.6 Å². The lowest BCUT2D eigenvalue weighted by atomic mass is 10.1. The van der Waals surface area contributed by atoms with Gasteiger partial charge in [0.2, 0.25) is 5.96 Å². The number of rotatable bonds is 8. The average Bonchev–Trinajstić information content (AvgIpc) is 3.47. The summed E-state index contributed by atoms with van der Waals surface area (Å²) in [6.45, 7) is 6.78. The molecule has 0 unspecified atom stereocenters. The molecule has 4 rings (SSSR count). The largest absolute Gasteiger partial charge is 0.489 e. The lowest BCUT2D eigenvalue weighted by Gasteiger charge is -2.12. The van der Waals surface area contributed by atoms with Crippen LogP contribution < -0.4 is 15.4 Å². The van der Waals surface area contributed by atoms with Crippen molar-refractivity contribution in [1.29, 1.82) is 0 Å². The SMILES string of the molecule is Cc1nn(C)cc1C(=O)/N=C(/NCC(C)C)Nc1cc(-c2ccc(OCc3ccccc3)cc2F)n[nH]1. The van der Waals surface area contributed by atoms with Gasteiger partial charge in [0.05, 0.1) is 17.0 Å².